The Balaban J connectivity index is 2.21. The summed E-state index contributed by atoms with van der Waals surface area (Å²) in [7, 11) is -2.10. The van der Waals surface area contributed by atoms with Gasteiger partial charge in [-0.25, -0.2) is 18.5 Å². The highest BCUT2D eigenvalue weighted by atomic mass is 32.2. The van der Waals surface area contributed by atoms with Crippen molar-refractivity contribution in [3.8, 4) is 0 Å². The lowest BCUT2D eigenvalue weighted by Gasteiger charge is -2.02. The number of aromatic nitrogens is 3. The summed E-state index contributed by atoms with van der Waals surface area (Å²) >= 11 is 1.20. The van der Waals surface area contributed by atoms with Crippen LogP contribution in [0.15, 0.2) is 53.1 Å². The molecule has 25 heavy (non-hydrogen) atoms. The van der Waals surface area contributed by atoms with Gasteiger partial charge in [-0.1, -0.05) is 17.4 Å². The summed E-state index contributed by atoms with van der Waals surface area (Å²) in [6.45, 7) is 4.13. The second kappa shape index (κ2) is 6.39. The monoisotopic (exact) mass is 377 g/mol. The Morgan fingerprint density at radius 1 is 1.48 bits per heavy atom. The van der Waals surface area contributed by atoms with Crippen molar-refractivity contribution in [1.29, 1.82) is 0 Å². The molecule has 3 rings (SSSR count). The molecule has 130 valence electrons. The summed E-state index contributed by atoms with van der Waals surface area (Å²) in [6, 6.07) is 4.53. The van der Waals surface area contributed by atoms with E-state index in [2.05, 4.69) is 16.6 Å². The molecular formula is C15H15N5O3S2. The van der Waals surface area contributed by atoms with Crippen LogP contribution in [-0.4, -0.2) is 28.4 Å². The first-order valence-corrected chi connectivity index (χ1v) is 9.51. The van der Waals surface area contributed by atoms with Crippen molar-refractivity contribution in [2.75, 3.05) is 0 Å². The van der Waals surface area contributed by atoms with Gasteiger partial charge >= 0.3 is 5.91 Å². The van der Waals surface area contributed by atoms with Crippen LogP contribution in [0.25, 0.3) is 10.2 Å². The van der Waals surface area contributed by atoms with Crippen LogP contribution >= 0.6 is 11.3 Å². The number of hydrogen-bond acceptors (Lipinski definition) is 5. The van der Waals surface area contributed by atoms with Gasteiger partial charge in [-0.15, -0.1) is 6.58 Å². The molecule has 0 fully saturated rings. The Hall–Kier alpha value is -2.56. The van der Waals surface area contributed by atoms with Gasteiger partial charge in [0.2, 0.25) is 15.8 Å². The summed E-state index contributed by atoms with van der Waals surface area (Å²) in [6.07, 6.45) is 4.84. The summed E-state index contributed by atoms with van der Waals surface area (Å²) in [5.41, 5.74) is 0.740. The first-order chi connectivity index (χ1) is 11.8. The van der Waals surface area contributed by atoms with Crippen LogP contribution < -0.4 is 9.94 Å². The summed E-state index contributed by atoms with van der Waals surface area (Å²) in [5.74, 6) is -0.267. The molecule has 2 aromatic heterocycles. The lowest BCUT2D eigenvalue weighted by Crippen LogP contribution is -2.17. The SMILES string of the molecule is C=CCn1c(=NC(=O)c2nccn2C)sc2cc(S(N)(=O)=O)ccc21. The number of carbonyl (C=O) groups excluding carboxylic acids is 1. The number of amides is 1. The molecular weight excluding hydrogens is 362 g/mol. The molecule has 0 bridgehead atoms. The standard InChI is InChI=1S/C15H15N5O3S2/c1-3-7-20-11-5-4-10(25(16,22)23)9-12(11)24-15(20)18-14(21)13-17-6-8-19(13)2/h3-6,8-9H,1,7H2,2H3,(H2,16,22,23). The Labute approximate surface area is 147 Å². The van der Waals surface area contributed by atoms with Crippen molar-refractivity contribution < 1.29 is 13.2 Å². The molecule has 0 aliphatic rings. The smallest absolute Gasteiger partial charge is 0.315 e. The van der Waals surface area contributed by atoms with E-state index in [1.54, 1.807) is 34.5 Å². The average molecular weight is 377 g/mol. The Kier molecular flexibility index (Phi) is 4.41. The normalized spacial score (nSPS) is 12.6. The van der Waals surface area contributed by atoms with Crippen molar-refractivity contribution in [2.45, 2.75) is 11.4 Å². The predicted molar refractivity (Wildman–Crippen MR) is 94.5 cm³/mol. The number of nitrogens with two attached hydrogens (primary N) is 1. The number of imidazole rings is 1. The molecule has 3 aromatic rings. The molecule has 10 heteroatoms. The highest BCUT2D eigenvalue weighted by molar-refractivity contribution is 7.89. The van der Waals surface area contributed by atoms with E-state index in [9.17, 15) is 13.2 Å². The maximum atomic E-state index is 12.4. The lowest BCUT2D eigenvalue weighted by atomic mass is 10.3. The minimum Gasteiger partial charge on any atom is -0.330 e. The molecule has 2 heterocycles. The number of sulfonamides is 1. The van der Waals surface area contributed by atoms with E-state index < -0.39 is 15.9 Å². The van der Waals surface area contributed by atoms with E-state index in [0.717, 1.165) is 5.52 Å². The maximum absolute atomic E-state index is 12.4. The number of benzene rings is 1. The molecule has 2 N–H and O–H groups in total. The number of rotatable bonds is 4. The predicted octanol–water partition coefficient (Wildman–Crippen LogP) is 1.01. The van der Waals surface area contributed by atoms with E-state index in [4.69, 9.17) is 5.14 Å². The topological polar surface area (TPSA) is 112 Å². The van der Waals surface area contributed by atoms with Crippen LogP contribution in [0.5, 0.6) is 0 Å². The minimum atomic E-state index is -3.81. The maximum Gasteiger partial charge on any atom is 0.315 e. The van der Waals surface area contributed by atoms with Crippen molar-refractivity contribution in [3.63, 3.8) is 0 Å². The van der Waals surface area contributed by atoms with E-state index in [0.29, 0.717) is 16.0 Å². The summed E-state index contributed by atoms with van der Waals surface area (Å²) in [5, 5.41) is 5.18. The van der Waals surface area contributed by atoms with Gasteiger partial charge in [-0.3, -0.25) is 4.79 Å². The molecule has 1 amide bonds. The van der Waals surface area contributed by atoms with Crippen LogP contribution in [-0.2, 0) is 23.6 Å². The number of aryl methyl sites for hydroxylation is 1. The molecule has 0 aliphatic carbocycles. The van der Waals surface area contributed by atoms with Gasteiger partial charge in [0, 0.05) is 26.0 Å². The number of primary sulfonamides is 1. The van der Waals surface area contributed by atoms with Gasteiger partial charge in [-0.2, -0.15) is 4.99 Å². The number of hydrogen-bond donors (Lipinski definition) is 1. The van der Waals surface area contributed by atoms with E-state index in [1.807, 2.05) is 0 Å². The van der Waals surface area contributed by atoms with E-state index in [-0.39, 0.29) is 10.7 Å². The second-order valence-corrected chi connectivity index (χ2v) is 7.81. The summed E-state index contributed by atoms with van der Waals surface area (Å²) in [4.78, 5) is 20.9. The fourth-order valence-corrected chi connectivity index (χ4v) is 4.02. The van der Waals surface area contributed by atoms with Gasteiger partial charge in [0.25, 0.3) is 0 Å². The molecule has 0 saturated heterocycles. The molecule has 0 spiro atoms. The Bertz CT molecular complexity index is 1150. The van der Waals surface area contributed by atoms with Crippen LogP contribution in [0, 0.1) is 0 Å². The molecule has 8 nitrogen and oxygen atoms in total. The fourth-order valence-electron chi connectivity index (χ4n) is 2.33. The number of nitrogens with zero attached hydrogens (tertiary/aromatic N) is 4. The first kappa shape index (κ1) is 17.3. The summed E-state index contributed by atoms with van der Waals surface area (Å²) < 4.78 is 27.1. The number of allylic oxidation sites excluding steroid dienone is 1. The third kappa shape index (κ3) is 3.31. The van der Waals surface area contributed by atoms with Gasteiger partial charge in [0.1, 0.15) is 0 Å². The van der Waals surface area contributed by atoms with Crippen LogP contribution in [0.2, 0.25) is 0 Å². The van der Waals surface area contributed by atoms with Crippen LogP contribution in [0.1, 0.15) is 10.6 Å². The average Bonchev–Trinajstić information content (AvgIpc) is 3.10. The second-order valence-electron chi connectivity index (χ2n) is 5.24. The highest BCUT2D eigenvalue weighted by Gasteiger charge is 2.14. The van der Waals surface area contributed by atoms with Crippen LogP contribution in [0.4, 0.5) is 0 Å². The number of fused-ring (bicyclic) bond motifs is 1. The van der Waals surface area contributed by atoms with Crippen molar-refractivity contribution in [1.82, 2.24) is 14.1 Å². The van der Waals surface area contributed by atoms with Crippen LogP contribution in [0.3, 0.4) is 0 Å². The third-order valence-corrected chi connectivity index (χ3v) is 5.46. The van der Waals surface area contributed by atoms with E-state index in [1.165, 1.54) is 29.7 Å². The lowest BCUT2D eigenvalue weighted by molar-refractivity contribution is 0.0985. The van der Waals surface area contributed by atoms with Crippen molar-refractivity contribution >= 4 is 37.5 Å². The molecule has 0 radical (unpaired) electrons. The largest absolute Gasteiger partial charge is 0.330 e. The molecule has 0 saturated carbocycles. The van der Waals surface area contributed by atoms with Gasteiger partial charge in [0.15, 0.2) is 4.80 Å². The highest BCUT2D eigenvalue weighted by Crippen LogP contribution is 2.21. The molecule has 0 aliphatic heterocycles. The zero-order chi connectivity index (χ0) is 18.2. The van der Waals surface area contributed by atoms with Crippen molar-refractivity contribution in [2.24, 2.45) is 17.2 Å². The number of carbonyl (C=O) groups is 1. The number of thiazole rings is 1. The van der Waals surface area contributed by atoms with Gasteiger partial charge in [-0.05, 0) is 18.2 Å². The third-order valence-electron chi connectivity index (χ3n) is 3.50. The zero-order valence-corrected chi connectivity index (χ0v) is 14.9. The Morgan fingerprint density at radius 2 is 2.24 bits per heavy atom. The first-order valence-electron chi connectivity index (χ1n) is 7.14. The van der Waals surface area contributed by atoms with Crippen molar-refractivity contribution in [3.05, 3.63) is 53.9 Å². The fraction of sp³-hybridized carbons (Fsp3) is 0.133. The molecule has 0 atom stereocenters. The minimum absolute atomic E-state index is 0.00832. The quantitative estimate of drug-likeness (QED) is 0.684. The molecule has 0 unspecified atom stereocenters. The zero-order valence-electron chi connectivity index (χ0n) is 13.3. The molecule has 1 aromatic carbocycles. The van der Waals surface area contributed by atoms with Gasteiger partial charge in [0.05, 0.1) is 15.1 Å². The Morgan fingerprint density at radius 3 is 2.84 bits per heavy atom. The van der Waals surface area contributed by atoms with E-state index >= 15 is 0 Å². The van der Waals surface area contributed by atoms with Gasteiger partial charge < -0.3 is 9.13 Å².